The Morgan fingerprint density at radius 1 is 1.19 bits per heavy atom. The Labute approximate surface area is 178 Å². The summed E-state index contributed by atoms with van der Waals surface area (Å²) in [4.78, 5) is 4.39. The molecule has 0 aliphatic carbocycles. The number of hydrogen-bond acceptors (Lipinski definition) is 3. The number of benzene rings is 2. The van der Waals surface area contributed by atoms with E-state index in [1.54, 1.807) is 14.2 Å². The van der Waals surface area contributed by atoms with Crippen LogP contribution < -0.4 is 20.1 Å². The summed E-state index contributed by atoms with van der Waals surface area (Å²) in [5, 5.41) is 6.93. The van der Waals surface area contributed by atoms with Gasteiger partial charge in [-0.3, -0.25) is 4.99 Å². The Morgan fingerprint density at radius 3 is 2.63 bits per heavy atom. The zero-order chi connectivity index (χ0) is 18.6. The topological polar surface area (TPSA) is 54.9 Å². The molecule has 1 atom stereocenters. The zero-order valence-electron chi connectivity index (χ0n) is 16.3. The van der Waals surface area contributed by atoms with E-state index in [0.29, 0.717) is 6.54 Å². The van der Waals surface area contributed by atoms with Gasteiger partial charge in [0.2, 0.25) is 0 Å². The van der Waals surface area contributed by atoms with E-state index in [9.17, 15) is 0 Å². The lowest BCUT2D eigenvalue weighted by atomic mass is 9.90. The molecule has 6 heteroatoms. The number of rotatable bonds is 4. The van der Waals surface area contributed by atoms with Crippen LogP contribution in [0, 0.1) is 0 Å². The highest BCUT2D eigenvalue weighted by Gasteiger charge is 2.33. The fourth-order valence-electron chi connectivity index (χ4n) is 3.32. The molecule has 0 saturated carbocycles. The molecule has 3 rings (SSSR count). The lowest BCUT2D eigenvalue weighted by molar-refractivity contribution is 0.0694. The Kier molecular flexibility index (Phi) is 7.35. The molecule has 146 valence electrons. The number of fused-ring (bicyclic) bond motifs is 1. The standard InChI is InChI=1S/C21H27N3O2.HI/c1-21(2)13-17(16-10-6-8-12-19(16)26-21)24-20(22-3)23-14-15-9-5-7-11-18(15)25-4;/h5-12,17H,13-14H2,1-4H3,(H2,22,23,24);1H. The van der Waals surface area contributed by atoms with Gasteiger partial charge >= 0.3 is 0 Å². The van der Waals surface area contributed by atoms with E-state index in [2.05, 4.69) is 35.5 Å². The predicted molar refractivity (Wildman–Crippen MR) is 120 cm³/mol. The molecule has 1 unspecified atom stereocenters. The van der Waals surface area contributed by atoms with Crippen LogP contribution >= 0.6 is 24.0 Å². The molecular formula is C21H28IN3O2. The van der Waals surface area contributed by atoms with Crippen molar-refractivity contribution in [2.75, 3.05) is 14.2 Å². The SMILES string of the molecule is CN=C(NCc1ccccc1OC)NC1CC(C)(C)Oc2ccccc21.I. The second-order valence-corrected chi connectivity index (χ2v) is 7.04. The average Bonchev–Trinajstić information content (AvgIpc) is 2.64. The Morgan fingerprint density at radius 2 is 1.89 bits per heavy atom. The number of ether oxygens (including phenoxy) is 2. The van der Waals surface area contributed by atoms with Crippen LogP contribution in [0.3, 0.4) is 0 Å². The van der Waals surface area contributed by atoms with Crippen molar-refractivity contribution >= 4 is 29.9 Å². The summed E-state index contributed by atoms with van der Waals surface area (Å²) in [6.45, 7) is 4.86. The number of guanidine groups is 1. The van der Waals surface area contributed by atoms with Crippen molar-refractivity contribution in [1.29, 1.82) is 0 Å². The van der Waals surface area contributed by atoms with Crippen molar-refractivity contribution in [2.24, 2.45) is 4.99 Å². The van der Waals surface area contributed by atoms with Gasteiger partial charge in [-0.15, -0.1) is 24.0 Å². The first-order valence-electron chi connectivity index (χ1n) is 8.89. The van der Waals surface area contributed by atoms with Gasteiger partial charge in [-0.25, -0.2) is 0 Å². The molecule has 5 nitrogen and oxygen atoms in total. The van der Waals surface area contributed by atoms with Crippen LogP contribution in [0.5, 0.6) is 11.5 Å². The van der Waals surface area contributed by atoms with Gasteiger partial charge in [0.15, 0.2) is 5.96 Å². The van der Waals surface area contributed by atoms with Gasteiger partial charge in [0.1, 0.15) is 17.1 Å². The van der Waals surface area contributed by atoms with Crippen LogP contribution in [-0.4, -0.2) is 25.7 Å². The van der Waals surface area contributed by atoms with Crippen LogP contribution in [0.4, 0.5) is 0 Å². The summed E-state index contributed by atoms with van der Waals surface area (Å²) in [6, 6.07) is 16.3. The van der Waals surface area contributed by atoms with Crippen molar-refractivity contribution in [3.05, 3.63) is 59.7 Å². The van der Waals surface area contributed by atoms with Crippen molar-refractivity contribution < 1.29 is 9.47 Å². The largest absolute Gasteiger partial charge is 0.496 e. The highest BCUT2D eigenvalue weighted by Crippen LogP contribution is 2.39. The maximum atomic E-state index is 6.11. The number of nitrogens with zero attached hydrogens (tertiary/aromatic N) is 1. The Hall–Kier alpha value is -1.96. The second kappa shape index (κ2) is 9.30. The van der Waals surface area contributed by atoms with Crippen LogP contribution in [-0.2, 0) is 6.54 Å². The lowest BCUT2D eigenvalue weighted by Crippen LogP contribution is -2.45. The Balaban J connectivity index is 0.00000261. The minimum Gasteiger partial charge on any atom is -0.496 e. The molecule has 1 aliphatic heterocycles. The zero-order valence-corrected chi connectivity index (χ0v) is 18.6. The highest BCUT2D eigenvalue weighted by atomic mass is 127. The van der Waals surface area contributed by atoms with Crippen LogP contribution in [0.1, 0.15) is 37.4 Å². The van der Waals surface area contributed by atoms with Gasteiger partial charge in [0.25, 0.3) is 0 Å². The molecule has 0 bridgehead atoms. The molecule has 0 saturated heterocycles. The van der Waals surface area contributed by atoms with Crippen LogP contribution in [0.2, 0.25) is 0 Å². The van der Waals surface area contributed by atoms with E-state index in [-0.39, 0.29) is 35.6 Å². The number of nitrogens with one attached hydrogen (secondary N) is 2. The monoisotopic (exact) mass is 481 g/mol. The molecule has 0 aromatic heterocycles. The van der Waals surface area contributed by atoms with Crippen LogP contribution in [0.15, 0.2) is 53.5 Å². The van der Waals surface area contributed by atoms with Crippen molar-refractivity contribution in [3.63, 3.8) is 0 Å². The summed E-state index contributed by atoms with van der Waals surface area (Å²) >= 11 is 0. The number of aliphatic imine (C=N–C) groups is 1. The third-order valence-electron chi connectivity index (χ3n) is 4.55. The summed E-state index contributed by atoms with van der Waals surface area (Å²) in [6.07, 6.45) is 0.860. The van der Waals surface area contributed by atoms with Gasteiger partial charge in [-0.05, 0) is 26.0 Å². The second-order valence-electron chi connectivity index (χ2n) is 7.04. The highest BCUT2D eigenvalue weighted by molar-refractivity contribution is 14.0. The maximum Gasteiger partial charge on any atom is 0.191 e. The summed E-state index contributed by atoms with van der Waals surface area (Å²) < 4.78 is 11.5. The van der Waals surface area contributed by atoms with Crippen molar-refractivity contribution in [2.45, 2.75) is 38.5 Å². The van der Waals surface area contributed by atoms with E-state index >= 15 is 0 Å². The molecular weight excluding hydrogens is 453 g/mol. The minimum absolute atomic E-state index is 0. The van der Waals surface area contributed by atoms with E-state index in [4.69, 9.17) is 9.47 Å². The molecule has 0 radical (unpaired) electrons. The summed E-state index contributed by atoms with van der Waals surface area (Å²) in [7, 11) is 3.47. The summed E-state index contributed by atoms with van der Waals surface area (Å²) in [5.41, 5.74) is 2.02. The van der Waals surface area contributed by atoms with E-state index in [0.717, 1.165) is 35.0 Å². The van der Waals surface area contributed by atoms with Crippen molar-refractivity contribution in [1.82, 2.24) is 10.6 Å². The van der Waals surface area contributed by atoms with Gasteiger partial charge in [-0.2, -0.15) is 0 Å². The van der Waals surface area contributed by atoms with Gasteiger partial charge in [0, 0.05) is 31.1 Å². The van der Waals surface area contributed by atoms with Gasteiger partial charge in [-0.1, -0.05) is 36.4 Å². The first-order chi connectivity index (χ1) is 12.5. The molecule has 0 spiro atoms. The van der Waals surface area contributed by atoms with Crippen LogP contribution in [0.25, 0.3) is 0 Å². The summed E-state index contributed by atoms with van der Waals surface area (Å²) in [5.74, 6) is 2.56. The average molecular weight is 481 g/mol. The molecule has 2 aromatic carbocycles. The first-order valence-corrected chi connectivity index (χ1v) is 8.89. The predicted octanol–water partition coefficient (Wildman–Crippen LogP) is 4.28. The fourth-order valence-corrected chi connectivity index (χ4v) is 3.32. The number of halogens is 1. The fraction of sp³-hybridized carbons (Fsp3) is 0.381. The van der Waals surface area contributed by atoms with E-state index in [1.165, 1.54) is 0 Å². The molecule has 0 fully saturated rings. The molecule has 2 aromatic rings. The third-order valence-corrected chi connectivity index (χ3v) is 4.55. The first kappa shape index (κ1) is 21.3. The quantitative estimate of drug-likeness (QED) is 0.389. The number of para-hydroxylation sites is 2. The number of hydrogen-bond donors (Lipinski definition) is 2. The Bertz CT molecular complexity index is 793. The molecule has 2 N–H and O–H groups in total. The number of methoxy groups -OCH3 is 1. The van der Waals surface area contributed by atoms with Gasteiger partial charge < -0.3 is 20.1 Å². The molecule has 1 heterocycles. The normalized spacial score (nSPS) is 17.8. The van der Waals surface area contributed by atoms with E-state index < -0.39 is 0 Å². The molecule has 27 heavy (non-hydrogen) atoms. The molecule has 0 amide bonds. The van der Waals surface area contributed by atoms with E-state index in [1.807, 2.05) is 42.5 Å². The van der Waals surface area contributed by atoms with Crippen molar-refractivity contribution in [3.8, 4) is 11.5 Å². The molecule has 1 aliphatic rings. The third kappa shape index (κ3) is 5.28. The smallest absolute Gasteiger partial charge is 0.191 e. The van der Waals surface area contributed by atoms with Gasteiger partial charge in [0.05, 0.1) is 13.2 Å². The lowest BCUT2D eigenvalue weighted by Gasteiger charge is -2.38. The minimum atomic E-state index is -0.229. The maximum absolute atomic E-state index is 6.11.